The number of hydrogen-bond acceptors (Lipinski definition) is 2. The maximum Gasteiger partial charge on any atom is 0.145 e. The number of hydrogen-bond donors (Lipinski definition) is 1. The maximum atomic E-state index is 13.4. The lowest BCUT2D eigenvalue weighted by Crippen LogP contribution is -2.05. The molecular weight excluding hydrogens is 265 g/mol. The average Bonchev–Trinajstić information content (AvgIpc) is 2.38. The van der Waals surface area contributed by atoms with Gasteiger partial charge in [0.1, 0.15) is 17.3 Å². The smallest absolute Gasteiger partial charge is 0.145 e. The van der Waals surface area contributed by atoms with Crippen LogP contribution >= 0.6 is 11.6 Å². The van der Waals surface area contributed by atoms with Gasteiger partial charge < -0.3 is 10.1 Å². The van der Waals surface area contributed by atoms with Crippen molar-refractivity contribution in [1.82, 2.24) is 5.32 Å². The van der Waals surface area contributed by atoms with Gasteiger partial charge in [0.2, 0.25) is 0 Å². The Morgan fingerprint density at radius 3 is 2.68 bits per heavy atom. The number of rotatable bonds is 4. The Balaban J connectivity index is 2.26. The summed E-state index contributed by atoms with van der Waals surface area (Å²) in [7, 11) is 1.88. The van der Waals surface area contributed by atoms with Crippen LogP contribution in [0.4, 0.5) is 4.39 Å². The first kappa shape index (κ1) is 13.8. The van der Waals surface area contributed by atoms with Crippen LogP contribution in [0.1, 0.15) is 11.1 Å². The lowest BCUT2D eigenvalue weighted by atomic mass is 10.1. The Labute approximate surface area is 117 Å². The van der Waals surface area contributed by atoms with E-state index in [1.54, 1.807) is 6.07 Å². The molecule has 0 fully saturated rings. The minimum Gasteiger partial charge on any atom is -0.457 e. The van der Waals surface area contributed by atoms with Gasteiger partial charge in [-0.2, -0.15) is 0 Å². The number of nitrogens with one attached hydrogen (secondary N) is 1. The zero-order chi connectivity index (χ0) is 13.8. The highest BCUT2D eigenvalue weighted by atomic mass is 35.5. The van der Waals surface area contributed by atoms with Gasteiger partial charge in [0, 0.05) is 12.6 Å². The fraction of sp³-hybridized carbons (Fsp3) is 0.200. The number of benzene rings is 2. The van der Waals surface area contributed by atoms with Crippen molar-refractivity contribution in [2.24, 2.45) is 0 Å². The van der Waals surface area contributed by atoms with E-state index < -0.39 is 5.82 Å². The molecule has 2 aromatic carbocycles. The van der Waals surface area contributed by atoms with Gasteiger partial charge in [-0.1, -0.05) is 23.7 Å². The highest BCUT2D eigenvalue weighted by Gasteiger charge is 2.06. The van der Waals surface area contributed by atoms with Crippen LogP contribution in [0.5, 0.6) is 11.5 Å². The van der Waals surface area contributed by atoms with Crippen LogP contribution in [-0.4, -0.2) is 7.05 Å². The molecule has 2 rings (SSSR count). The van der Waals surface area contributed by atoms with Crippen LogP contribution < -0.4 is 10.1 Å². The molecular formula is C15H15ClFNO. The Kier molecular flexibility index (Phi) is 4.40. The normalized spacial score (nSPS) is 10.5. The van der Waals surface area contributed by atoms with Crippen molar-refractivity contribution in [1.29, 1.82) is 0 Å². The quantitative estimate of drug-likeness (QED) is 0.901. The number of halogens is 2. The second-order valence-corrected chi connectivity index (χ2v) is 4.72. The third kappa shape index (κ3) is 3.46. The van der Waals surface area contributed by atoms with Crippen molar-refractivity contribution in [3.63, 3.8) is 0 Å². The molecule has 1 N–H and O–H groups in total. The van der Waals surface area contributed by atoms with Gasteiger partial charge in [-0.3, -0.25) is 0 Å². The molecule has 0 aliphatic heterocycles. The fourth-order valence-electron chi connectivity index (χ4n) is 1.74. The summed E-state index contributed by atoms with van der Waals surface area (Å²) in [5, 5.41) is 3.17. The van der Waals surface area contributed by atoms with Crippen molar-refractivity contribution in [2.45, 2.75) is 13.5 Å². The molecule has 4 heteroatoms. The minimum atomic E-state index is -0.483. The monoisotopic (exact) mass is 279 g/mol. The second kappa shape index (κ2) is 6.04. The summed E-state index contributed by atoms with van der Waals surface area (Å²) >= 11 is 5.64. The Morgan fingerprint density at radius 1 is 1.21 bits per heavy atom. The van der Waals surface area contributed by atoms with Gasteiger partial charge >= 0.3 is 0 Å². The fourth-order valence-corrected chi connectivity index (χ4v) is 1.85. The third-order valence-corrected chi connectivity index (χ3v) is 3.06. The molecule has 0 saturated carbocycles. The molecule has 100 valence electrons. The SMILES string of the molecule is CNCc1ccc(C)c(Oc2ccc(Cl)c(F)c2)c1. The van der Waals surface area contributed by atoms with E-state index in [9.17, 15) is 4.39 Å². The molecule has 0 radical (unpaired) electrons. The summed E-state index contributed by atoms with van der Waals surface area (Å²) in [6.45, 7) is 2.70. The highest BCUT2D eigenvalue weighted by Crippen LogP contribution is 2.28. The van der Waals surface area contributed by atoms with Crippen LogP contribution in [0.3, 0.4) is 0 Å². The highest BCUT2D eigenvalue weighted by molar-refractivity contribution is 6.30. The van der Waals surface area contributed by atoms with E-state index in [1.165, 1.54) is 12.1 Å². The lowest BCUT2D eigenvalue weighted by molar-refractivity contribution is 0.472. The maximum absolute atomic E-state index is 13.4. The van der Waals surface area contributed by atoms with Crippen molar-refractivity contribution in [3.05, 3.63) is 58.4 Å². The van der Waals surface area contributed by atoms with E-state index in [0.29, 0.717) is 5.75 Å². The third-order valence-electron chi connectivity index (χ3n) is 2.75. The number of aryl methyl sites for hydroxylation is 1. The predicted molar refractivity (Wildman–Crippen MR) is 75.4 cm³/mol. The molecule has 0 amide bonds. The lowest BCUT2D eigenvalue weighted by Gasteiger charge is -2.11. The molecule has 0 bridgehead atoms. The first-order valence-corrected chi connectivity index (χ1v) is 6.35. The molecule has 0 spiro atoms. The van der Waals surface area contributed by atoms with Crippen molar-refractivity contribution >= 4 is 11.6 Å². The first-order valence-electron chi connectivity index (χ1n) is 5.97. The molecule has 0 unspecified atom stereocenters. The van der Waals surface area contributed by atoms with Crippen molar-refractivity contribution < 1.29 is 9.13 Å². The van der Waals surface area contributed by atoms with Crippen LogP contribution in [0.15, 0.2) is 36.4 Å². The van der Waals surface area contributed by atoms with E-state index in [-0.39, 0.29) is 5.02 Å². The average molecular weight is 280 g/mol. The summed E-state index contributed by atoms with van der Waals surface area (Å²) < 4.78 is 19.1. The molecule has 0 heterocycles. The molecule has 0 atom stereocenters. The zero-order valence-electron chi connectivity index (χ0n) is 10.8. The van der Waals surface area contributed by atoms with E-state index in [1.807, 2.05) is 32.2 Å². The Morgan fingerprint density at radius 2 is 2.00 bits per heavy atom. The van der Waals surface area contributed by atoms with E-state index in [4.69, 9.17) is 16.3 Å². The first-order chi connectivity index (χ1) is 9.10. The van der Waals surface area contributed by atoms with Gasteiger partial charge in [0.05, 0.1) is 5.02 Å². The van der Waals surface area contributed by atoms with Gasteiger partial charge in [-0.25, -0.2) is 4.39 Å². The molecule has 0 aliphatic carbocycles. The van der Waals surface area contributed by atoms with Crippen LogP contribution in [0.2, 0.25) is 5.02 Å². The van der Waals surface area contributed by atoms with E-state index >= 15 is 0 Å². The van der Waals surface area contributed by atoms with Crippen LogP contribution in [0.25, 0.3) is 0 Å². The molecule has 0 saturated heterocycles. The van der Waals surface area contributed by atoms with Crippen molar-refractivity contribution in [2.75, 3.05) is 7.05 Å². The van der Waals surface area contributed by atoms with E-state index in [0.717, 1.165) is 23.4 Å². The summed E-state index contributed by atoms with van der Waals surface area (Å²) in [5.74, 6) is 0.671. The molecule has 19 heavy (non-hydrogen) atoms. The standard InChI is InChI=1S/C15H15ClFNO/c1-10-3-4-11(9-18-2)7-15(10)19-12-5-6-13(16)14(17)8-12/h3-8,18H,9H2,1-2H3. The summed E-state index contributed by atoms with van der Waals surface area (Å²) in [6, 6.07) is 10.4. The molecule has 0 aromatic heterocycles. The summed E-state index contributed by atoms with van der Waals surface area (Å²) in [6.07, 6.45) is 0. The molecule has 0 aliphatic rings. The van der Waals surface area contributed by atoms with Gasteiger partial charge in [0.25, 0.3) is 0 Å². The minimum absolute atomic E-state index is 0.0907. The van der Waals surface area contributed by atoms with Gasteiger partial charge in [-0.15, -0.1) is 0 Å². The number of ether oxygens (including phenoxy) is 1. The van der Waals surface area contributed by atoms with Crippen molar-refractivity contribution in [3.8, 4) is 11.5 Å². The Bertz CT molecular complexity index is 586. The van der Waals surface area contributed by atoms with Crippen LogP contribution in [0, 0.1) is 12.7 Å². The largest absolute Gasteiger partial charge is 0.457 e. The molecule has 2 nitrogen and oxygen atoms in total. The van der Waals surface area contributed by atoms with Gasteiger partial charge in [0.15, 0.2) is 0 Å². The Hall–Kier alpha value is -1.58. The topological polar surface area (TPSA) is 21.3 Å². The van der Waals surface area contributed by atoms with Gasteiger partial charge in [-0.05, 0) is 43.3 Å². The summed E-state index contributed by atoms with van der Waals surface area (Å²) in [5.41, 5.74) is 2.10. The predicted octanol–water partition coefficient (Wildman–Crippen LogP) is 4.30. The second-order valence-electron chi connectivity index (χ2n) is 4.31. The van der Waals surface area contributed by atoms with E-state index in [2.05, 4.69) is 5.32 Å². The molecule has 2 aromatic rings. The zero-order valence-corrected chi connectivity index (χ0v) is 11.6. The van der Waals surface area contributed by atoms with Crippen LogP contribution in [-0.2, 0) is 6.54 Å². The summed E-state index contributed by atoms with van der Waals surface area (Å²) in [4.78, 5) is 0.